The van der Waals surface area contributed by atoms with Gasteiger partial charge in [-0.25, -0.2) is 0 Å². The molecule has 0 radical (unpaired) electrons. The van der Waals surface area contributed by atoms with Crippen LogP contribution in [0.5, 0.6) is 11.5 Å². The van der Waals surface area contributed by atoms with Crippen molar-refractivity contribution in [3.05, 3.63) is 48.5 Å². The van der Waals surface area contributed by atoms with Crippen LogP contribution in [0.3, 0.4) is 0 Å². The molecule has 0 saturated heterocycles. The number of aromatic hydroxyl groups is 2. The average molecular weight is 234 g/mol. The van der Waals surface area contributed by atoms with Gasteiger partial charge in [0.25, 0.3) is 0 Å². The van der Waals surface area contributed by atoms with Gasteiger partial charge in [-0.3, -0.25) is 0 Å². The first-order chi connectivity index (χ1) is 8.72. The molecule has 0 aliphatic rings. The largest absolute Gasteiger partial charge is 0.508 e. The number of hydrogen-bond acceptors (Lipinski definition) is 2. The second kappa shape index (κ2) is 3.05. The molecular formula is C16H10O2. The van der Waals surface area contributed by atoms with Gasteiger partial charge in [0.2, 0.25) is 0 Å². The zero-order valence-corrected chi connectivity index (χ0v) is 9.51. The van der Waals surface area contributed by atoms with E-state index >= 15 is 0 Å². The Hall–Kier alpha value is -2.48. The third-order valence-electron chi connectivity index (χ3n) is 3.50. The van der Waals surface area contributed by atoms with E-state index in [9.17, 15) is 10.2 Å². The average Bonchev–Trinajstić information content (AvgIpc) is 2.34. The van der Waals surface area contributed by atoms with Crippen molar-refractivity contribution in [2.75, 3.05) is 0 Å². The van der Waals surface area contributed by atoms with E-state index in [0.29, 0.717) is 0 Å². The number of benzene rings is 4. The van der Waals surface area contributed by atoms with Crippen molar-refractivity contribution >= 4 is 32.3 Å². The zero-order valence-electron chi connectivity index (χ0n) is 9.51. The lowest BCUT2D eigenvalue weighted by atomic mass is 9.94. The van der Waals surface area contributed by atoms with E-state index in [0.717, 1.165) is 32.3 Å². The van der Waals surface area contributed by atoms with E-state index < -0.39 is 0 Å². The highest BCUT2D eigenvalue weighted by Crippen LogP contribution is 2.37. The molecule has 0 aliphatic heterocycles. The van der Waals surface area contributed by atoms with Crippen LogP contribution in [0, 0.1) is 0 Å². The maximum absolute atomic E-state index is 9.71. The van der Waals surface area contributed by atoms with Crippen molar-refractivity contribution in [2.24, 2.45) is 0 Å². The first-order valence-electron chi connectivity index (χ1n) is 5.83. The van der Waals surface area contributed by atoms with Gasteiger partial charge in [0.1, 0.15) is 11.5 Å². The van der Waals surface area contributed by atoms with Gasteiger partial charge >= 0.3 is 0 Å². The van der Waals surface area contributed by atoms with E-state index in [4.69, 9.17) is 0 Å². The second-order valence-corrected chi connectivity index (χ2v) is 4.67. The molecule has 2 nitrogen and oxygen atoms in total. The Bertz CT molecular complexity index is 752. The summed E-state index contributed by atoms with van der Waals surface area (Å²) in [6.07, 6.45) is 0. The number of rotatable bonds is 0. The predicted molar refractivity (Wildman–Crippen MR) is 73.5 cm³/mol. The third kappa shape index (κ3) is 1.12. The summed E-state index contributed by atoms with van der Waals surface area (Å²) in [6, 6.07) is 15.0. The van der Waals surface area contributed by atoms with Crippen LogP contribution in [0.2, 0.25) is 0 Å². The molecule has 0 aromatic heterocycles. The minimum Gasteiger partial charge on any atom is -0.508 e. The quantitative estimate of drug-likeness (QED) is 0.451. The molecule has 0 aliphatic carbocycles. The fourth-order valence-corrected chi connectivity index (χ4v) is 2.80. The van der Waals surface area contributed by atoms with Crippen molar-refractivity contribution in [3.8, 4) is 11.5 Å². The van der Waals surface area contributed by atoms with Crippen molar-refractivity contribution < 1.29 is 10.2 Å². The molecule has 0 saturated carbocycles. The molecule has 2 N–H and O–H groups in total. The molecule has 18 heavy (non-hydrogen) atoms. The monoisotopic (exact) mass is 234 g/mol. The van der Waals surface area contributed by atoms with Gasteiger partial charge in [-0.2, -0.15) is 0 Å². The third-order valence-corrected chi connectivity index (χ3v) is 3.50. The Balaban J connectivity index is 2.41. The molecule has 0 fully saturated rings. The summed E-state index contributed by atoms with van der Waals surface area (Å²) < 4.78 is 0. The predicted octanol–water partition coefficient (Wildman–Crippen LogP) is 4.00. The molecule has 2 heteroatoms. The molecule has 86 valence electrons. The highest BCUT2D eigenvalue weighted by Gasteiger charge is 2.09. The maximum atomic E-state index is 9.71. The number of phenolic OH excluding ortho intramolecular Hbond substituents is 2. The summed E-state index contributed by atoms with van der Waals surface area (Å²) in [5.41, 5.74) is 0. The van der Waals surface area contributed by atoms with Crippen LogP contribution in [0.4, 0.5) is 0 Å². The van der Waals surface area contributed by atoms with Crippen LogP contribution in [0.15, 0.2) is 48.5 Å². The molecule has 0 spiro atoms. The van der Waals surface area contributed by atoms with Crippen LogP contribution < -0.4 is 0 Å². The van der Waals surface area contributed by atoms with Crippen molar-refractivity contribution in [1.29, 1.82) is 0 Å². The Morgan fingerprint density at radius 3 is 1.06 bits per heavy atom. The Morgan fingerprint density at radius 1 is 0.500 bits per heavy atom. The van der Waals surface area contributed by atoms with Crippen LogP contribution >= 0.6 is 0 Å². The van der Waals surface area contributed by atoms with E-state index in [2.05, 4.69) is 0 Å². The van der Waals surface area contributed by atoms with Crippen LogP contribution in [0.1, 0.15) is 0 Å². The fraction of sp³-hybridized carbons (Fsp3) is 0. The Morgan fingerprint density at radius 2 is 0.778 bits per heavy atom. The molecule has 0 bridgehead atoms. The van der Waals surface area contributed by atoms with Gasteiger partial charge in [-0.15, -0.1) is 0 Å². The minimum atomic E-state index is 0.281. The first-order valence-corrected chi connectivity index (χ1v) is 5.83. The SMILES string of the molecule is Oc1cc2ccc3cc(O)cc4ccc(c1)c2c34. The molecule has 0 amide bonds. The molecular weight excluding hydrogens is 224 g/mol. The smallest absolute Gasteiger partial charge is 0.116 e. The summed E-state index contributed by atoms with van der Waals surface area (Å²) in [7, 11) is 0. The van der Waals surface area contributed by atoms with E-state index in [1.54, 1.807) is 24.3 Å². The highest BCUT2D eigenvalue weighted by molar-refractivity contribution is 6.23. The number of phenols is 2. The van der Waals surface area contributed by atoms with Crippen LogP contribution in [-0.2, 0) is 0 Å². The molecule has 0 heterocycles. The summed E-state index contributed by atoms with van der Waals surface area (Å²) in [4.78, 5) is 0. The first kappa shape index (κ1) is 9.54. The summed E-state index contributed by atoms with van der Waals surface area (Å²) in [5, 5.41) is 25.8. The lowest BCUT2D eigenvalue weighted by molar-refractivity contribution is 0.476. The summed E-state index contributed by atoms with van der Waals surface area (Å²) in [5.74, 6) is 0.562. The summed E-state index contributed by atoms with van der Waals surface area (Å²) in [6.45, 7) is 0. The normalized spacial score (nSPS) is 11.8. The minimum absolute atomic E-state index is 0.281. The molecule has 0 unspecified atom stereocenters. The van der Waals surface area contributed by atoms with Gasteiger partial charge in [-0.1, -0.05) is 24.3 Å². The van der Waals surface area contributed by atoms with Gasteiger partial charge in [0.05, 0.1) is 0 Å². The Kier molecular flexibility index (Phi) is 1.61. The fourth-order valence-electron chi connectivity index (χ4n) is 2.80. The Labute approximate surface area is 103 Å². The topological polar surface area (TPSA) is 40.5 Å². The molecule has 0 atom stereocenters. The lowest BCUT2D eigenvalue weighted by Gasteiger charge is -2.11. The van der Waals surface area contributed by atoms with Crippen LogP contribution in [0.25, 0.3) is 32.3 Å². The van der Waals surface area contributed by atoms with E-state index in [1.165, 1.54) is 0 Å². The highest BCUT2D eigenvalue weighted by atomic mass is 16.3. The standard InChI is InChI=1S/C16H10O2/c17-13-5-9-1-2-10-6-14(18)8-12-4-3-11(7-13)15(9)16(10)12/h1-8,17-18H. The van der Waals surface area contributed by atoms with Gasteiger partial charge in [0, 0.05) is 0 Å². The van der Waals surface area contributed by atoms with Gasteiger partial charge < -0.3 is 10.2 Å². The lowest BCUT2D eigenvalue weighted by Crippen LogP contribution is -1.83. The number of hydrogen-bond donors (Lipinski definition) is 2. The maximum Gasteiger partial charge on any atom is 0.116 e. The van der Waals surface area contributed by atoms with Crippen LogP contribution in [-0.4, -0.2) is 10.2 Å². The second-order valence-electron chi connectivity index (χ2n) is 4.67. The summed E-state index contributed by atoms with van der Waals surface area (Å²) >= 11 is 0. The molecule has 4 rings (SSSR count). The van der Waals surface area contributed by atoms with E-state index in [1.807, 2.05) is 24.3 Å². The molecule has 4 aromatic carbocycles. The van der Waals surface area contributed by atoms with Crippen molar-refractivity contribution in [2.45, 2.75) is 0 Å². The van der Waals surface area contributed by atoms with Gasteiger partial charge in [-0.05, 0) is 56.6 Å². The van der Waals surface area contributed by atoms with Crippen molar-refractivity contribution in [1.82, 2.24) is 0 Å². The van der Waals surface area contributed by atoms with Gasteiger partial charge in [0.15, 0.2) is 0 Å². The van der Waals surface area contributed by atoms with Crippen molar-refractivity contribution in [3.63, 3.8) is 0 Å². The van der Waals surface area contributed by atoms with E-state index in [-0.39, 0.29) is 11.5 Å². The zero-order chi connectivity index (χ0) is 12.3. The molecule has 4 aromatic rings.